The van der Waals surface area contributed by atoms with Crippen molar-refractivity contribution in [3.05, 3.63) is 30.1 Å². The van der Waals surface area contributed by atoms with Crippen molar-refractivity contribution in [2.75, 3.05) is 0 Å². The molecule has 0 radical (unpaired) electrons. The van der Waals surface area contributed by atoms with E-state index in [-0.39, 0.29) is 5.97 Å². The number of nitrogens with zero attached hydrogens (tertiary/aromatic N) is 2. The van der Waals surface area contributed by atoms with Crippen LogP contribution in [-0.4, -0.2) is 17.2 Å². The molecule has 0 atom stereocenters. The fourth-order valence-electron chi connectivity index (χ4n) is 0.841. The van der Waals surface area contributed by atoms with Gasteiger partial charge in [-0.25, -0.2) is 4.79 Å². The maximum absolute atomic E-state index is 10.9. The van der Waals surface area contributed by atoms with Gasteiger partial charge in [0.15, 0.2) is 0 Å². The lowest BCUT2D eigenvalue weighted by molar-refractivity contribution is -0.143. The molecule has 0 spiro atoms. The van der Waals surface area contributed by atoms with E-state index in [1.54, 1.807) is 18.3 Å². The molecule has 0 unspecified atom stereocenters. The lowest BCUT2D eigenvalue weighted by atomic mass is 10.3. The molecule has 1 rings (SSSR count). The number of carbonyl (C=O) groups is 1. The molecule has 0 saturated heterocycles. The van der Waals surface area contributed by atoms with Crippen molar-refractivity contribution in [3.63, 3.8) is 0 Å². The molecule has 0 fully saturated rings. The van der Waals surface area contributed by atoms with Crippen LogP contribution in [0.2, 0.25) is 0 Å². The van der Waals surface area contributed by atoms with Crippen LogP contribution in [-0.2, 0) is 9.63 Å². The third kappa shape index (κ3) is 3.80. The molecule has 1 heterocycles. The van der Waals surface area contributed by atoms with Gasteiger partial charge in [-0.2, -0.15) is 0 Å². The van der Waals surface area contributed by atoms with Crippen molar-refractivity contribution in [1.82, 2.24) is 4.98 Å². The Hall–Kier alpha value is -1.71. The van der Waals surface area contributed by atoms with Crippen LogP contribution in [0.1, 0.15) is 25.5 Å². The number of carbonyl (C=O) groups excluding carboxylic acids is 1. The number of hydrogen-bond donors (Lipinski definition) is 0. The van der Waals surface area contributed by atoms with E-state index in [9.17, 15) is 4.79 Å². The largest absolute Gasteiger partial charge is 0.335 e. The number of aromatic nitrogens is 1. The fraction of sp³-hybridized carbons (Fsp3) is 0.300. The number of oxime groups is 1. The Morgan fingerprint density at radius 1 is 1.64 bits per heavy atom. The second-order valence-electron chi connectivity index (χ2n) is 2.70. The van der Waals surface area contributed by atoms with Gasteiger partial charge in [-0.1, -0.05) is 18.1 Å². The summed E-state index contributed by atoms with van der Waals surface area (Å²) in [5, 5.41) is 3.52. The van der Waals surface area contributed by atoms with Crippen LogP contribution in [0.4, 0.5) is 0 Å². The molecule has 1 aromatic rings. The van der Waals surface area contributed by atoms with Gasteiger partial charge in [0, 0.05) is 12.6 Å². The minimum absolute atomic E-state index is 0.320. The van der Waals surface area contributed by atoms with E-state index < -0.39 is 0 Å². The summed E-state index contributed by atoms with van der Waals surface area (Å²) in [6.07, 6.45) is 4.21. The van der Waals surface area contributed by atoms with Gasteiger partial charge in [0.05, 0.1) is 11.9 Å². The van der Waals surface area contributed by atoms with Crippen LogP contribution in [0.25, 0.3) is 0 Å². The molecular weight excluding hydrogens is 180 g/mol. The molecule has 0 aliphatic carbocycles. The summed E-state index contributed by atoms with van der Waals surface area (Å²) in [6, 6.07) is 5.42. The van der Waals surface area contributed by atoms with Crippen molar-refractivity contribution in [2.45, 2.75) is 19.8 Å². The van der Waals surface area contributed by atoms with Gasteiger partial charge < -0.3 is 4.84 Å². The van der Waals surface area contributed by atoms with Gasteiger partial charge in [-0.3, -0.25) is 4.98 Å². The van der Waals surface area contributed by atoms with Crippen molar-refractivity contribution < 1.29 is 9.63 Å². The van der Waals surface area contributed by atoms with E-state index in [1.165, 1.54) is 6.21 Å². The maximum atomic E-state index is 10.9. The van der Waals surface area contributed by atoms with Gasteiger partial charge in [0.1, 0.15) is 0 Å². The Morgan fingerprint density at radius 2 is 2.50 bits per heavy atom. The smallest absolute Gasteiger partial charge is 0.318 e. The Morgan fingerprint density at radius 3 is 3.14 bits per heavy atom. The van der Waals surface area contributed by atoms with E-state index in [2.05, 4.69) is 15.0 Å². The Labute approximate surface area is 82.6 Å². The Balaban J connectivity index is 2.38. The van der Waals surface area contributed by atoms with Gasteiger partial charge >= 0.3 is 5.97 Å². The zero-order valence-corrected chi connectivity index (χ0v) is 8.01. The van der Waals surface area contributed by atoms with Crippen LogP contribution >= 0.6 is 0 Å². The van der Waals surface area contributed by atoms with Crippen LogP contribution in [0, 0.1) is 0 Å². The average Bonchev–Trinajstić information content (AvgIpc) is 2.20. The number of pyridine rings is 1. The molecule has 0 N–H and O–H groups in total. The highest BCUT2D eigenvalue weighted by Crippen LogP contribution is 1.93. The van der Waals surface area contributed by atoms with Crippen molar-refractivity contribution in [1.29, 1.82) is 0 Å². The first kappa shape index (κ1) is 10.4. The van der Waals surface area contributed by atoms with Gasteiger partial charge in [0.25, 0.3) is 0 Å². The molecule has 0 aliphatic rings. The molecule has 4 heteroatoms. The molecule has 14 heavy (non-hydrogen) atoms. The number of hydrogen-bond acceptors (Lipinski definition) is 4. The first-order valence-corrected chi connectivity index (χ1v) is 4.47. The molecule has 0 saturated carbocycles. The van der Waals surface area contributed by atoms with E-state index in [0.717, 1.165) is 6.42 Å². The predicted octanol–water partition coefficient (Wildman–Crippen LogP) is 1.76. The Kier molecular flexibility index (Phi) is 4.34. The first-order chi connectivity index (χ1) is 6.83. The summed E-state index contributed by atoms with van der Waals surface area (Å²) in [6.45, 7) is 1.91. The summed E-state index contributed by atoms with van der Waals surface area (Å²) < 4.78 is 0. The summed E-state index contributed by atoms with van der Waals surface area (Å²) in [5.41, 5.74) is 0.664. The van der Waals surface area contributed by atoms with Crippen LogP contribution < -0.4 is 0 Å². The average molecular weight is 192 g/mol. The predicted molar refractivity (Wildman–Crippen MR) is 52.8 cm³/mol. The SMILES string of the molecule is CCCC(=O)O/N=C\c1ccccn1. The normalized spacial score (nSPS) is 10.4. The maximum Gasteiger partial charge on any atom is 0.335 e. The second kappa shape index (κ2) is 5.85. The fourth-order valence-corrected chi connectivity index (χ4v) is 0.841. The third-order valence-corrected chi connectivity index (χ3v) is 1.48. The van der Waals surface area contributed by atoms with Crippen molar-refractivity contribution in [3.8, 4) is 0 Å². The van der Waals surface area contributed by atoms with Crippen molar-refractivity contribution >= 4 is 12.2 Å². The molecule has 74 valence electrons. The summed E-state index contributed by atoms with van der Waals surface area (Å²) in [5.74, 6) is -0.320. The van der Waals surface area contributed by atoms with Gasteiger partial charge in [-0.05, 0) is 18.6 Å². The molecule has 0 aromatic carbocycles. The minimum atomic E-state index is -0.320. The van der Waals surface area contributed by atoms with Crippen LogP contribution in [0.3, 0.4) is 0 Å². The van der Waals surface area contributed by atoms with E-state index in [1.807, 2.05) is 13.0 Å². The molecule has 0 bridgehead atoms. The first-order valence-electron chi connectivity index (χ1n) is 4.47. The third-order valence-electron chi connectivity index (χ3n) is 1.48. The molecule has 0 aliphatic heterocycles. The zero-order chi connectivity index (χ0) is 10.2. The quantitative estimate of drug-likeness (QED) is 0.415. The second-order valence-corrected chi connectivity index (χ2v) is 2.70. The highest BCUT2D eigenvalue weighted by Gasteiger charge is 1.97. The highest BCUT2D eigenvalue weighted by atomic mass is 16.7. The lowest BCUT2D eigenvalue weighted by Gasteiger charge is -1.93. The summed E-state index contributed by atoms with van der Waals surface area (Å²) in [4.78, 5) is 19.4. The number of rotatable bonds is 4. The standard InChI is InChI=1S/C10H12N2O2/c1-2-5-10(13)14-12-8-9-6-3-4-7-11-9/h3-4,6-8H,2,5H2,1H3/b12-8-. The van der Waals surface area contributed by atoms with E-state index in [4.69, 9.17) is 0 Å². The van der Waals surface area contributed by atoms with Crippen LogP contribution in [0.15, 0.2) is 29.6 Å². The van der Waals surface area contributed by atoms with Crippen molar-refractivity contribution in [2.24, 2.45) is 5.16 Å². The summed E-state index contributed by atoms with van der Waals surface area (Å²) in [7, 11) is 0. The zero-order valence-electron chi connectivity index (χ0n) is 8.01. The topological polar surface area (TPSA) is 51.5 Å². The van der Waals surface area contributed by atoms with E-state index >= 15 is 0 Å². The van der Waals surface area contributed by atoms with E-state index in [0.29, 0.717) is 12.1 Å². The summed E-state index contributed by atoms with van der Waals surface area (Å²) >= 11 is 0. The minimum Gasteiger partial charge on any atom is -0.318 e. The monoisotopic (exact) mass is 192 g/mol. The Bertz CT molecular complexity index is 309. The molecule has 1 aromatic heterocycles. The highest BCUT2D eigenvalue weighted by molar-refractivity contribution is 5.77. The van der Waals surface area contributed by atoms with Gasteiger partial charge in [0.2, 0.25) is 0 Å². The van der Waals surface area contributed by atoms with Gasteiger partial charge in [-0.15, -0.1) is 0 Å². The molecular formula is C10H12N2O2. The molecule has 0 amide bonds. The lowest BCUT2D eigenvalue weighted by Crippen LogP contribution is -1.98. The molecule has 4 nitrogen and oxygen atoms in total. The van der Waals surface area contributed by atoms with Crippen LogP contribution in [0.5, 0.6) is 0 Å².